The highest BCUT2D eigenvalue weighted by molar-refractivity contribution is 5.96. The average Bonchev–Trinajstić information content (AvgIpc) is 2.47. The summed E-state index contributed by atoms with van der Waals surface area (Å²) < 4.78 is 5.67. The number of carbonyl (C=O) groups is 2. The molecule has 0 amide bonds. The summed E-state index contributed by atoms with van der Waals surface area (Å²) in [6.45, 7) is 1.53. The van der Waals surface area contributed by atoms with Crippen LogP contribution < -0.4 is 0 Å². The van der Waals surface area contributed by atoms with Gasteiger partial charge in [-0.25, -0.2) is 0 Å². The molecule has 0 aromatic heterocycles. The Bertz CT molecular complexity index is 517. The molecule has 0 spiro atoms. The summed E-state index contributed by atoms with van der Waals surface area (Å²) in [6, 6.07) is 0. The number of Topliss-reactive ketones (excluding diaryl/α,β-unsaturated/α-hetero) is 1. The molecule has 0 saturated heterocycles. The maximum atomic E-state index is 13.0. The summed E-state index contributed by atoms with van der Waals surface area (Å²) in [5.74, 6) is 4.50. The highest BCUT2D eigenvalue weighted by atomic mass is 16.6. The summed E-state index contributed by atoms with van der Waals surface area (Å²) >= 11 is 0. The standard InChI is InChI=1S/C17H20O3/c1-7(18)20-17-12-9-13(17)11-14(17)10(12)16(9,11)15(19)8-5-3-2-4-6-8/h8-14H,2-6H2,1H3. The van der Waals surface area contributed by atoms with Gasteiger partial charge in [0.1, 0.15) is 11.4 Å². The van der Waals surface area contributed by atoms with Gasteiger partial charge in [-0.1, -0.05) is 19.3 Å². The van der Waals surface area contributed by atoms with Crippen molar-refractivity contribution in [3.8, 4) is 0 Å². The smallest absolute Gasteiger partial charge is 0.303 e. The molecule has 0 radical (unpaired) electrons. The van der Waals surface area contributed by atoms with Crippen LogP contribution in [0.25, 0.3) is 0 Å². The van der Waals surface area contributed by atoms with Gasteiger partial charge in [-0.15, -0.1) is 0 Å². The Morgan fingerprint density at radius 3 is 1.95 bits per heavy atom. The van der Waals surface area contributed by atoms with E-state index in [4.69, 9.17) is 4.74 Å². The SMILES string of the molecule is CC(=O)OC12C3C4C1C1C2C3C41C(=O)C1CCCCC1. The second-order valence-electron chi connectivity index (χ2n) is 8.23. The normalized spacial score (nSPS) is 62.9. The van der Waals surface area contributed by atoms with Crippen LogP contribution in [0.3, 0.4) is 0 Å². The first-order chi connectivity index (χ1) is 9.66. The van der Waals surface area contributed by atoms with Gasteiger partial charge in [-0.05, 0) is 30.6 Å². The molecule has 0 atom stereocenters. The molecule has 0 unspecified atom stereocenters. The Morgan fingerprint density at radius 2 is 1.45 bits per heavy atom. The van der Waals surface area contributed by atoms with E-state index < -0.39 is 0 Å². The highest BCUT2D eigenvalue weighted by Gasteiger charge is 3.13. The van der Waals surface area contributed by atoms with Gasteiger partial charge in [-0.2, -0.15) is 0 Å². The van der Waals surface area contributed by atoms with Gasteiger partial charge < -0.3 is 4.74 Å². The van der Waals surface area contributed by atoms with Crippen molar-refractivity contribution in [2.24, 2.45) is 46.8 Å². The van der Waals surface area contributed by atoms with Crippen molar-refractivity contribution < 1.29 is 14.3 Å². The first-order valence-corrected chi connectivity index (χ1v) is 8.40. The van der Waals surface area contributed by atoms with Crippen LogP contribution in [-0.4, -0.2) is 17.4 Å². The molecule has 3 nitrogen and oxygen atoms in total. The third-order valence-electron chi connectivity index (χ3n) is 8.26. The number of rotatable bonds is 3. The van der Waals surface area contributed by atoms with Crippen molar-refractivity contribution >= 4 is 11.8 Å². The van der Waals surface area contributed by atoms with Gasteiger partial charge in [-0.3, -0.25) is 9.59 Å². The monoisotopic (exact) mass is 272 g/mol. The average molecular weight is 272 g/mol. The first kappa shape index (κ1) is 10.8. The lowest BCUT2D eigenvalue weighted by Gasteiger charge is -3.09. The van der Waals surface area contributed by atoms with E-state index in [0.717, 1.165) is 12.8 Å². The quantitative estimate of drug-likeness (QED) is 0.740. The van der Waals surface area contributed by atoms with Gasteiger partial charge in [0.2, 0.25) is 0 Å². The van der Waals surface area contributed by atoms with E-state index in [-0.39, 0.29) is 17.0 Å². The number of ether oxygens (including phenoxy) is 1. The van der Waals surface area contributed by atoms with Crippen LogP contribution in [0.2, 0.25) is 0 Å². The summed E-state index contributed by atoms with van der Waals surface area (Å²) in [7, 11) is 0. The molecule has 3 heteroatoms. The van der Waals surface area contributed by atoms with Crippen molar-refractivity contribution in [3.63, 3.8) is 0 Å². The molecule has 0 heterocycles. The summed E-state index contributed by atoms with van der Waals surface area (Å²) in [5, 5.41) is 0. The number of ketones is 1. The zero-order valence-electron chi connectivity index (χ0n) is 11.8. The van der Waals surface area contributed by atoms with Gasteiger partial charge in [0.25, 0.3) is 0 Å². The second kappa shape index (κ2) is 2.74. The Labute approximate surface area is 118 Å². The van der Waals surface area contributed by atoms with Crippen LogP contribution in [-0.2, 0) is 14.3 Å². The van der Waals surface area contributed by atoms with Gasteiger partial charge in [0.05, 0.1) is 0 Å². The van der Waals surface area contributed by atoms with Crippen molar-refractivity contribution in [2.45, 2.75) is 44.6 Å². The summed E-state index contributed by atoms with van der Waals surface area (Å²) in [4.78, 5) is 24.3. The van der Waals surface area contributed by atoms with E-state index in [1.54, 1.807) is 0 Å². The molecular formula is C17H20O3. The lowest BCUT2D eigenvalue weighted by molar-refractivity contribution is -0.643. The maximum absolute atomic E-state index is 13.0. The van der Waals surface area contributed by atoms with Crippen LogP contribution in [0.15, 0.2) is 0 Å². The number of carbonyl (C=O) groups excluding carboxylic acids is 2. The third-order valence-corrected chi connectivity index (χ3v) is 8.26. The molecule has 0 N–H and O–H groups in total. The Morgan fingerprint density at radius 1 is 0.900 bits per heavy atom. The van der Waals surface area contributed by atoms with Crippen LogP contribution in [0.1, 0.15) is 39.0 Å². The number of hydrogen-bond acceptors (Lipinski definition) is 3. The highest BCUT2D eigenvalue weighted by Crippen LogP contribution is 3.08. The number of hydrogen-bond donors (Lipinski definition) is 0. The van der Waals surface area contributed by atoms with E-state index >= 15 is 0 Å². The molecule has 7 rings (SSSR count). The van der Waals surface area contributed by atoms with Crippen molar-refractivity contribution in [2.75, 3.05) is 0 Å². The van der Waals surface area contributed by atoms with E-state index in [9.17, 15) is 9.59 Å². The molecule has 0 aliphatic heterocycles. The van der Waals surface area contributed by atoms with Gasteiger partial charge in [0, 0.05) is 36.0 Å². The molecule has 106 valence electrons. The molecule has 0 bridgehead atoms. The maximum Gasteiger partial charge on any atom is 0.303 e. The second-order valence-corrected chi connectivity index (χ2v) is 8.23. The van der Waals surface area contributed by atoms with Crippen molar-refractivity contribution in [3.05, 3.63) is 0 Å². The molecule has 0 aromatic rings. The van der Waals surface area contributed by atoms with Gasteiger partial charge >= 0.3 is 5.97 Å². The Balaban J connectivity index is 1.27. The van der Waals surface area contributed by atoms with Crippen LogP contribution in [0.4, 0.5) is 0 Å². The largest absolute Gasteiger partial charge is 0.458 e. The topological polar surface area (TPSA) is 43.4 Å². The summed E-state index contributed by atoms with van der Waals surface area (Å²) in [6.07, 6.45) is 6.10. The Hall–Kier alpha value is -0.860. The fourth-order valence-electron chi connectivity index (χ4n) is 8.09. The molecule has 0 aromatic carbocycles. The fourth-order valence-corrected chi connectivity index (χ4v) is 8.09. The zero-order valence-corrected chi connectivity index (χ0v) is 11.8. The fraction of sp³-hybridized carbons (Fsp3) is 0.882. The van der Waals surface area contributed by atoms with Crippen molar-refractivity contribution in [1.82, 2.24) is 0 Å². The minimum atomic E-state index is -0.117. The molecule has 7 aliphatic carbocycles. The molecular weight excluding hydrogens is 252 g/mol. The zero-order chi connectivity index (χ0) is 13.4. The third kappa shape index (κ3) is 0.662. The minimum Gasteiger partial charge on any atom is -0.458 e. The number of esters is 1. The van der Waals surface area contributed by atoms with E-state index in [1.165, 1.54) is 26.2 Å². The van der Waals surface area contributed by atoms with Crippen LogP contribution in [0.5, 0.6) is 0 Å². The van der Waals surface area contributed by atoms with E-state index in [1.807, 2.05) is 0 Å². The predicted octanol–water partition coefficient (Wildman–Crippen LogP) is 2.19. The molecule has 20 heavy (non-hydrogen) atoms. The van der Waals surface area contributed by atoms with Gasteiger partial charge in [0.15, 0.2) is 0 Å². The van der Waals surface area contributed by atoms with E-state index in [0.29, 0.717) is 47.2 Å². The van der Waals surface area contributed by atoms with Crippen molar-refractivity contribution in [1.29, 1.82) is 0 Å². The molecule has 7 saturated carbocycles. The lowest BCUT2D eigenvalue weighted by atomic mass is 8.94. The first-order valence-electron chi connectivity index (χ1n) is 8.40. The molecule has 7 aliphatic rings. The van der Waals surface area contributed by atoms with E-state index in [2.05, 4.69) is 0 Å². The van der Waals surface area contributed by atoms with Crippen LogP contribution in [0, 0.1) is 46.8 Å². The minimum absolute atomic E-state index is 0.0551. The Kier molecular flexibility index (Phi) is 1.48. The summed E-state index contributed by atoms with van der Waals surface area (Å²) in [5.41, 5.74) is 0.0599. The van der Waals surface area contributed by atoms with Crippen LogP contribution >= 0.6 is 0 Å². The molecule has 7 fully saturated rings. The lowest BCUT2D eigenvalue weighted by Crippen LogP contribution is -3.14. The predicted molar refractivity (Wildman–Crippen MR) is 69.5 cm³/mol.